The number of aliphatic hydroxyl groups is 2. The Morgan fingerprint density at radius 2 is 0.477 bits per heavy atom. The van der Waals surface area contributed by atoms with Gasteiger partial charge >= 0.3 is 5.97 Å². The lowest BCUT2D eigenvalue weighted by Gasteiger charge is -2.22. The summed E-state index contributed by atoms with van der Waals surface area (Å²) in [6, 6.07) is -0.539. The number of esters is 1. The van der Waals surface area contributed by atoms with Gasteiger partial charge in [-0.1, -0.05) is 438 Å². The summed E-state index contributed by atoms with van der Waals surface area (Å²) in [5.74, 6) is -0.0000303. The van der Waals surface area contributed by atoms with Crippen LogP contribution in [-0.2, 0) is 14.3 Å². The van der Waals surface area contributed by atoms with Crippen LogP contribution in [-0.4, -0.2) is 47.4 Å². The van der Waals surface area contributed by atoms with Crippen LogP contribution in [0.3, 0.4) is 0 Å². The van der Waals surface area contributed by atoms with Crippen molar-refractivity contribution in [1.82, 2.24) is 5.32 Å². The summed E-state index contributed by atoms with van der Waals surface area (Å²) < 4.78 is 5.51. The lowest BCUT2D eigenvalue weighted by Crippen LogP contribution is -2.45. The highest BCUT2D eigenvalue weighted by atomic mass is 16.5. The fraction of sp³-hybridized carbons (Fsp3) is 0.975. The minimum Gasteiger partial charge on any atom is -0.466 e. The molecule has 514 valence electrons. The van der Waals surface area contributed by atoms with Crippen molar-refractivity contribution in [2.75, 3.05) is 13.2 Å². The highest BCUT2D eigenvalue weighted by molar-refractivity contribution is 5.76. The number of hydrogen-bond donors (Lipinski definition) is 3. The minimum atomic E-state index is -0.662. The zero-order chi connectivity index (χ0) is 62.0. The van der Waals surface area contributed by atoms with Crippen LogP contribution in [0.4, 0.5) is 0 Å². The Kier molecular flexibility index (Phi) is 75.3. The topological polar surface area (TPSA) is 95.9 Å². The zero-order valence-electron chi connectivity index (χ0n) is 59.1. The van der Waals surface area contributed by atoms with Gasteiger partial charge in [0.05, 0.1) is 25.4 Å². The Hall–Kier alpha value is -1.14. The van der Waals surface area contributed by atoms with Gasteiger partial charge < -0.3 is 20.3 Å². The molecule has 1 amide bonds. The number of carbonyl (C=O) groups excluding carboxylic acids is 2. The van der Waals surface area contributed by atoms with E-state index < -0.39 is 12.1 Å². The second-order valence-corrected chi connectivity index (χ2v) is 28.1. The van der Waals surface area contributed by atoms with E-state index in [9.17, 15) is 19.8 Å². The van der Waals surface area contributed by atoms with Crippen molar-refractivity contribution in [1.29, 1.82) is 0 Å². The second-order valence-electron chi connectivity index (χ2n) is 28.1. The number of aliphatic hydroxyl groups excluding tert-OH is 2. The lowest BCUT2D eigenvalue weighted by atomic mass is 10.0. The average molecular weight is 1220 g/mol. The van der Waals surface area contributed by atoms with Gasteiger partial charge in [0.1, 0.15) is 0 Å². The number of hydrogen-bond acceptors (Lipinski definition) is 5. The van der Waals surface area contributed by atoms with Gasteiger partial charge in [-0.05, 0) is 25.7 Å². The molecule has 0 saturated heterocycles. The highest BCUT2D eigenvalue weighted by Crippen LogP contribution is 2.21. The molecule has 0 heterocycles. The number of carbonyl (C=O) groups is 2. The maximum absolute atomic E-state index is 12.6. The third kappa shape index (κ3) is 71.9. The molecular formula is C80H159NO5. The summed E-state index contributed by atoms with van der Waals surface area (Å²) in [5, 5.41) is 23.5. The van der Waals surface area contributed by atoms with Crippen LogP contribution < -0.4 is 5.32 Å². The number of unbranched alkanes of at least 4 members (excludes halogenated alkanes) is 66. The molecule has 0 rings (SSSR count). The summed E-state index contributed by atoms with van der Waals surface area (Å²) in [6.45, 7) is 5.02. The van der Waals surface area contributed by atoms with Crippen molar-refractivity contribution in [3.63, 3.8) is 0 Å². The molecule has 0 bridgehead atoms. The molecule has 0 spiro atoms. The SMILES string of the molecule is CCCCCCCCCCCCCCCCCCCCCCCCCCC(O)C(CO)NC(=O)CCCCCCCCCCCCCCCCCCCCCCCCCCCCCCCOC(=O)CCCCCCCCCCCCCCCCCC. The lowest BCUT2D eigenvalue weighted by molar-refractivity contribution is -0.143. The fourth-order valence-corrected chi connectivity index (χ4v) is 13.3. The van der Waals surface area contributed by atoms with Gasteiger partial charge in [-0.15, -0.1) is 0 Å². The Bertz CT molecular complexity index is 1260. The molecule has 0 radical (unpaired) electrons. The first kappa shape index (κ1) is 84.9. The summed E-state index contributed by atoms with van der Waals surface area (Å²) in [6.07, 6.45) is 94.8. The van der Waals surface area contributed by atoms with E-state index in [2.05, 4.69) is 19.2 Å². The first-order valence-corrected chi connectivity index (χ1v) is 40.3. The van der Waals surface area contributed by atoms with Crippen molar-refractivity contribution < 1.29 is 24.5 Å². The van der Waals surface area contributed by atoms with Gasteiger partial charge in [0.2, 0.25) is 5.91 Å². The van der Waals surface area contributed by atoms with E-state index in [1.807, 2.05) is 0 Å². The number of nitrogens with one attached hydrogen (secondary N) is 1. The van der Waals surface area contributed by atoms with Gasteiger partial charge in [0.15, 0.2) is 0 Å². The van der Waals surface area contributed by atoms with E-state index in [1.165, 1.54) is 405 Å². The van der Waals surface area contributed by atoms with E-state index in [4.69, 9.17) is 4.74 Å². The van der Waals surface area contributed by atoms with Crippen molar-refractivity contribution in [3.8, 4) is 0 Å². The molecule has 0 aromatic heterocycles. The predicted octanol–water partition coefficient (Wildman–Crippen LogP) is 26.5. The molecule has 2 atom stereocenters. The molecule has 2 unspecified atom stereocenters. The van der Waals surface area contributed by atoms with Gasteiger partial charge in [-0.3, -0.25) is 9.59 Å². The van der Waals surface area contributed by atoms with E-state index in [1.54, 1.807) is 0 Å². The van der Waals surface area contributed by atoms with Crippen LogP contribution >= 0.6 is 0 Å². The highest BCUT2D eigenvalue weighted by Gasteiger charge is 2.20. The van der Waals surface area contributed by atoms with Crippen molar-refractivity contribution >= 4 is 11.9 Å². The summed E-state index contributed by atoms with van der Waals surface area (Å²) in [5.41, 5.74) is 0. The molecule has 86 heavy (non-hydrogen) atoms. The number of ether oxygens (including phenoxy) is 1. The summed E-state index contributed by atoms with van der Waals surface area (Å²) in [7, 11) is 0. The van der Waals surface area contributed by atoms with E-state index in [-0.39, 0.29) is 18.5 Å². The molecule has 0 aliphatic carbocycles. The van der Waals surface area contributed by atoms with Gasteiger partial charge in [0.25, 0.3) is 0 Å². The molecule has 0 aliphatic rings. The predicted molar refractivity (Wildman–Crippen MR) is 380 cm³/mol. The van der Waals surface area contributed by atoms with Crippen molar-refractivity contribution in [3.05, 3.63) is 0 Å². The molecule has 0 aromatic carbocycles. The Balaban J connectivity index is 3.33. The standard InChI is InChI=1S/C80H159NO5/c1-3-5-7-9-11-13-15-17-19-21-22-23-24-32-35-38-41-44-48-52-56-60-64-68-72-78(83)77(76-82)81-79(84)73-69-65-61-57-53-49-45-42-39-36-33-30-28-26-25-27-29-31-34-37-40-43-47-51-55-59-63-67-71-75-86-80(85)74-70-66-62-58-54-50-46-20-18-16-14-12-10-8-6-4-2/h77-78,82-83H,3-76H2,1-2H3,(H,81,84). The largest absolute Gasteiger partial charge is 0.466 e. The van der Waals surface area contributed by atoms with Crippen LogP contribution in [0, 0.1) is 0 Å². The molecule has 3 N–H and O–H groups in total. The maximum atomic E-state index is 12.6. The zero-order valence-corrected chi connectivity index (χ0v) is 59.1. The maximum Gasteiger partial charge on any atom is 0.305 e. The van der Waals surface area contributed by atoms with Crippen molar-refractivity contribution in [2.24, 2.45) is 0 Å². The second kappa shape index (κ2) is 76.3. The first-order valence-electron chi connectivity index (χ1n) is 40.3. The van der Waals surface area contributed by atoms with E-state index in [0.29, 0.717) is 25.9 Å². The van der Waals surface area contributed by atoms with Gasteiger partial charge in [0, 0.05) is 12.8 Å². The van der Waals surface area contributed by atoms with Crippen LogP contribution in [0.1, 0.15) is 476 Å². The fourth-order valence-electron chi connectivity index (χ4n) is 13.3. The number of amides is 1. The Morgan fingerprint density at radius 1 is 0.279 bits per heavy atom. The molecule has 0 aromatic rings. The van der Waals surface area contributed by atoms with Crippen LogP contribution in [0.15, 0.2) is 0 Å². The minimum absolute atomic E-state index is 0.0247. The summed E-state index contributed by atoms with van der Waals surface area (Å²) >= 11 is 0. The molecule has 0 fully saturated rings. The third-order valence-electron chi connectivity index (χ3n) is 19.4. The van der Waals surface area contributed by atoms with Crippen LogP contribution in [0.25, 0.3) is 0 Å². The van der Waals surface area contributed by atoms with E-state index >= 15 is 0 Å². The average Bonchev–Trinajstić information content (AvgIpc) is 3.58. The molecule has 0 saturated carbocycles. The first-order chi connectivity index (χ1) is 42.5. The third-order valence-corrected chi connectivity index (χ3v) is 19.4. The quantitative estimate of drug-likeness (QED) is 0.0417. The molecule has 6 heteroatoms. The number of rotatable bonds is 77. The summed E-state index contributed by atoms with van der Waals surface area (Å²) in [4.78, 5) is 24.7. The van der Waals surface area contributed by atoms with E-state index in [0.717, 1.165) is 38.5 Å². The van der Waals surface area contributed by atoms with Gasteiger partial charge in [-0.2, -0.15) is 0 Å². The Labute approximate surface area is 540 Å². The normalized spacial score (nSPS) is 12.4. The van der Waals surface area contributed by atoms with Crippen LogP contribution in [0.2, 0.25) is 0 Å². The molecular weight excluding hydrogens is 1050 g/mol. The van der Waals surface area contributed by atoms with Gasteiger partial charge in [-0.25, -0.2) is 0 Å². The molecule has 6 nitrogen and oxygen atoms in total. The molecule has 0 aliphatic heterocycles. The monoisotopic (exact) mass is 1210 g/mol. The smallest absolute Gasteiger partial charge is 0.305 e. The van der Waals surface area contributed by atoms with Crippen LogP contribution in [0.5, 0.6) is 0 Å². The van der Waals surface area contributed by atoms with Crippen molar-refractivity contribution in [2.45, 2.75) is 488 Å². The Morgan fingerprint density at radius 3 is 0.709 bits per heavy atom.